The van der Waals surface area contributed by atoms with Crippen LogP contribution in [0.25, 0.3) is 6.08 Å². The van der Waals surface area contributed by atoms with Gasteiger partial charge in [-0.25, -0.2) is 0 Å². The largest absolute Gasteiger partial charge is 0.504 e. The van der Waals surface area contributed by atoms with Crippen LogP contribution in [0, 0.1) is 3.57 Å². The number of halogens is 1. The Morgan fingerprint density at radius 1 is 1.39 bits per heavy atom. The third kappa shape index (κ3) is 4.18. The van der Waals surface area contributed by atoms with Crippen molar-refractivity contribution in [2.24, 2.45) is 0 Å². The van der Waals surface area contributed by atoms with Crippen molar-refractivity contribution >= 4 is 51.6 Å². The highest BCUT2D eigenvalue weighted by molar-refractivity contribution is 14.1. The standard InChI is InChI=1S/C15H16INO5S/c1-3-22-11-7-9(6-10(16)13(11)18)8-12-14(19)17(4-5-21-2)15(20)23-12/h6-8,18H,3-5H2,1-2H3/b12-8+. The minimum Gasteiger partial charge on any atom is -0.504 e. The van der Waals surface area contributed by atoms with E-state index in [0.29, 0.717) is 33.0 Å². The number of imide groups is 1. The Morgan fingerprint density at radius 2 is 2.13 bits per heavy atom. The highest BCUT2D eigenvalue weighted by Crippen LogP contribution is 2.36. The summed E-state index contributed by atoms with van der Waals surface area (Å²) in [7, 11) is 1.52. The van der Waals surface area contributed by atoms with E-state index < -0.39 is 0 Å². The Kier molecular flexibility index (Phi) is 6.31. The zero-order valence-corrected chi connectivity index (χ0v) is 15.6. The third-order valence-electron chi connectivity index (χ3n) is 3.04. The minimum atomic E-state index is -0.335. The number of phenolic OH excluding ortho intramolecular Hbond substituents is 1. The van der Waals surface area contributed by atoms with Crippen LogP contribution in [0.3, 0.4) is 0 Å². The van der Waals surface area contributed by atoms with E-state index in [1.807, 2.05) is 29.5 Å². The van der Waals surface area contributed by atoms with Crippen molar-refractivity contribution in [1.82, 2.24) is 4.90 Å². The molecule has 1 N–H and O–H groups in total. The Hall–Kier alpha value is -1.26. The average molecular weight is 449 g/mol. The normalized spacial score (nSPS) is 16.5. The second kappa shape index (κ2) is 8.02. The summed E-state index contributed by atoms with van der Waals surface area (Å²) in [5.41, 5.74) is 0.688. The summed E-state index contributed by atoms with van der Waals surface area (Å²) in [5, 5.41) is 9.64. The molecule has 0 atom stereocenters. The molecule has 0 aliphatic carbocycles. The lowest BCUT2D eigenvalue weighted by Crippen LogP contribution is -2.31. The zero-order valence-electron chi connectivity index (χ0n) is 12.7. The number of hydrogen-bond acceptors (Lipinski definition) is 6. The van der Waals surface area contributed by atoms with Gasteiger partial charge in [-0.05, 0) is 65.0 Å². The molecule has 1 saturated heterocycles. The van der Waals surface area contributed by atoms with Gasteiger partial charge in [-0.1, -0.05) is 0 Å². The lowest BCUT2D eigenvalue weighted by Gasteiger charge is -2.11. The van der Waals surface area contributed by atoms with Crippen LogP contribution >= 0.6 is 34.4 Å². The summed E-state index contributed by atoms with van der Waals surface area (Å²) < 4.78 is 10.9. The number of carbonyl (C=O) groups is 2. The number of phenols is 1. The number of nitrogens with zero attached hydrogens (tertiary/aromatic N) is 1. The molecule has 1 heterocycles. The lowest BCUT2D eigenvalue weighted by atomic mass is 10.2. The van der Waals surface area contributed by atoms with Crippen LogP contribution in [0.4, 0.5) is 4.79 Å². The van der Waals surface area contributed by atoms with E-state index in [2.05, 4.69) is 0 Å². The van der Waals surface area contributed by atoms with E-state index in [9.17, 15) is 14.7 Å². The summed E-state index contributed by atoms with van der Waals surface area (Å²) >= 11 is 2.88. The molecule has 0 saturated carbocycles. The van der Waals surface area contributed by atoms with Crippen LogP contribution in [0.1, 0.15) is 12.5 Å². The molecule has 0 spiro atoms. The fourth-order valence-corrected chi connectivity index (χ4v) is 3.46. The Labute approximate surface area is 152 Å². The number of benzene rings is 1. The predicted molar refractivity (Wildman–Crippen MR) is 96.5 cm³/mol. The molecule has 0 radical (unpaired) electrons. The van der Waals surface area contributed by atoms with Gasteiger partial charge in [-0.2, -0.15) is 0 Å². The summed E-state index contributed by atoms with van der Waals surface area (Å²) in [5.74, 6) is 0.0835. The molecule has 0 aromatic heterocycles. The number of methoxy groups -OCH3 is 1. The van der Waals surface area contributed by atoms with E-state index in [4.69, 9.17) is 9.47 Å². The predicted octanol–water partition coefficient (Wildman–Crippen LogP) is 3.08. The van der Waals surface area contributed by atoms with Gasteiger partial charge >= 0.3 is 0 Å². The second-order valence-corrected chi connectivity index (χ2v) is 6.76. The number of carbonyl (C=O) groups excluding carboxylic acids is 2. The van der Waals surface area contributed by atoms with Crippen molar-refractivity contribution in [3.05, 3.63) is 26.2 Å². The zero-order chi connectivity index (χ0) is 17.0. The molecule has 1 aliphatic rings. The highest BCUT2D eigenvalue weighted by Gasteiger charge is 2.34. The topological polar surface area (TPSA) is 76.1 Å². The third-order valence-corrected chi connectivity index (χ3v) is 4.77. The van der Waals surface area contributed by atoms with E-state index >= 15 is 0 Å². The molecule has 0 bridgehead atoms. The summed E-state index contributed by atoms with van der Waals surface area (Å²) in [6.45, 7) is 2.77. The first-order chi connectivity index (χ1) is 11.0. The van der Waals surface area contributed by atoms with Gasteiger partial charge in [-0.15, -0.1) is 0 Å². The van der Waals surface area contributed by atoms with Crippen molar-refractivity contribution in [2.45, 2.75) is 6.92 Å². The first-order valence-corrected chi connectivity index (χ1v) is 8.77. The number of hydrogen-bond donors (Lipinski definition) is 1. The number of rotatable bonds is 6. The molecule has 124 valence electrons. The van der Waals surface area contributed by atoms with E-state index in [-0.39, 0.29) is 23.4 Å². The van der Waals surface area contributed by atoms with Crippen LogP contribution in [0.15, 0.2) is 17.0 Å². The van der Waals surface area contributed by atoms with Crippen LogP contribution in [0.2, 0.25) is 0 Å². The molecule has 1 aliphatic heterocycles. The maximum atomic E-state index is 12.3. The SMILES string of the molecule is CCOc1cc(/C=C2/SC(=O)N(CCOC)C2=O)cc(I)c1O. The van der Waals surface area contributed by atoms with E-state index in [1.165, 1.54) is 7.11 Å². The first kappa shape index (κ1) is 18.1. The summed E-state index contributed by atoms with van der Waals surface area (Å²) in [6, 6.07) is 3.37. The number of aromatic hydroxyl groups is 1. The molecular formula is C15H16INO5S. The van der Waals surface area contributed by atoms with Gasteiger partial charge in [-0.3, -0.25) is 14.5 Å². The number of thioether (sulfide) groups is 1. The van der Waals surface area contributed by atoms with Crippen LogP contribution in [0.5, 0.6) is 11.5 Å². The van der Waals surface area contributed by atoms with Crippen molar-refractivity contribution < 1.29 is 24.2 Å². The Morgan fingerprint density at radius 3 is 2.78 bits per heavy atom. The molecule has 1 aromatic carbocycles. The van der Waals surface area contributed by atoms with Gasteiger partial charge in [0.15, 0.2) is 11.5 Å². The van der Waals surface area contributed by atoms with Gasteiger partial charge in [0.2, 0.25) is 0 Å². The average Bonchev–Trinajstić information content (AvgIpc) is 2.77. The van der Waals surface area contributed by atoms with Gasteiger partial charge in [0.05, 0.1) is 28.2 Å². The van der Waals surface area contributed by atoms with Crippen LogP contribution in [-0.2, 0) is 9.53 Å². The maximum Gasteiger partial charge on any atom is 0.293 e. The number of ether oxygens (including phenoxy) is 2. The first-order valence-electron chi connectivity index (χ1n) is 6.87. The van der Waals surface area contributed by atoms with E-state index in [0.717, 1.165) is 16.7 Å². The molecular weight excluding hydrogens is 433 g/mol. The fourth-order valence-electron chi connectivity index (χ4n) is 1.97. The quantitative estimate of drug-likeness (QED) is 0.532. The molecule has 0 unspecified atom stereocenters. The van der Waals surface area contributed by atoms with Crippen molar-refractivity contribution in [2.75, 3.05) is 26.9 Å². The minimum absolute atomic E-state index is 0.0674. The molecule has 2 amide bonds. The number of amides is 2. The van der Waals surface area contributed by atoms with Crippen molar-refractivity contribution in [3.8, 4) is 11.5 Å². The van der Waals surface area contributed by atoms with Crippen molar-refractivity contribution in [1.29, 1.82) is 0 Å². The molecule has 23 heavy (non-hydrogen) atoms. The highest BCUT2D eigenvalue weighted by atomic mass is 127. The Balaban J connectivity index is 2.28. The van der Waals surface area contributed by atoms with Gasteiger partial charge < -0.3 is 14.6 Å². The molecule has 2 rings (SSSR count). The molecule has 1 fully saturated rings. The molecule has 6 nitrogen and oxygen atoms in total. The summed E-state index contributed by atoms with van der Waals surface area (Å²) in [4.78, 5) is 25.7. The lowest BCUT2D eigenvalue weighted by molar-refractivity contribution is -0.123. The van der Waals surface area contributed by atoms with Gasteiger partial charge in [0.1, 0.15) is 0 Å². The van der Waals surface area contributed by atoms with Crippen molar-refractivity contribution in [3.63, 3.8) is 0 Å². The Bertz CT molecular complexity index is 662. The van der Waals surface area contributed by atoms with Gasteiger partial charge in [0.25, 0.3) is 11.1 Å². The second-order valence-electron chi connectivity index (χ2n) is 4.61. The summed E-state index contributed by atoms with van der Waals surface area (Å²) in [6.07, 6.45) is 1.63. The maximum absolute atomic E-state index is 12.3. The molecule has 1 aromatic rings. The fraction of sp³-hybridized carbons (Fsp3) is 0.333. The van der Waals surface area contributed by atoms with E-state index in [1.54, 1.807) is 18.2 Å². The van der Waals surface area contributed by atoms with Crippen LogP contribution in [-0.4, -0.2) is 48.0 Å². The van der Waals surface area contributed by atoms with Crippen LogP contribution < -0.4 is 4.74 Å². The smallest absolute Gasteiger partial charge is 0.293 e. The molecule has 8 heteroatoms. The monoisotopic (exact) mass is 449 g/mol. The van der Waals surface area contributed by atoms with Gasteiger partial charge in [0, 0.05) is 7.11 Å².